The lowest BCUT2D eigenvalue weighted by Gasteiger charge is -2.13. The Labute approximate surface area is 83.1 Å². The van der Waals surface area contributed by atoms with Gasteiger partial charge in [0.1, 0.15) is 0 Å². The van der Waals surface area contributed by atoms with E-state index in [1.807, 2.05) is 12.1 Å². The standard InChI is InChI=1S/C10H13ClN2/c11-9-2-1-5-13-10(9)8(6-12)7-3-4-7/h1-2,5,7-8H,3-4,6,12H2. The van der Waals surface area contributed by atoms with Crippen LogP contribution < -0.4 is 5.73 Å². The molecule has 1 heterocycles. The van der Waals surface area contributed by atoms with Crippen LogP contribution in [0.25, 0.3) is 0 Å². The molecule has 2 nitrogen and oxygen atoms in total. The number of nitrogens with two attached hydrogens (primary N) is 1. The van der Waals surface area contributed by atoms with E-state index in [-0.39, 0.29) is 0 Å². The molecule has 0 amide bonds. The Morgan fingerprint density at radius 2 is 2.38 bits per heavy atom. The lowest BCUT2D eigenvalue weighted by Crippen LogP contribution is -2.15. The monoisotopic (exact) mass is 196 g/mol. The van der Waals surface area contributed by atoms with Gasteiger partial charge in [-0.1, -0.05) is 11.6 Å². The summed E-state index contributed by atoms with van der Waals surface area (Å²) in [4.78, 5) is 4.30. The summed E-state index contributed by atoms with van der Waals surface area (Å²) in [6, 6.07) is 3.74. The van der Waals surface area contributed by atoms with Crippen LogP contribution in [-0.4, -0.2) is 11.5 Å². The second-order valence-corrected chi connectivity index (χ2v) is 3.96. The van der Waals surface area contributed by atoms with Gasteiger partial charge in [0.2, 0.25) is 0 Å². The van der Waals surface area contributed by atoms with E-state index in [2.05, 4.69) is 4.98 Å². The van der Waals surface area contributed by atoms with Crippen molar-refractivity contribution in [3.05, 3.63) is 29.0 Å². The van der Waals surface area contributed by atoms with Crippen molar-refractivity contribution in [3.8, 4) is 0 Å². The molecule has 1 aromatic heterocycles. The lowest BCUT2D eigenvalue weighted by atomic mass is 9.99. The van der Waals surface area contributed by atoms with Gasteiger partial charge in [0.15, 0.2) is 0 Å². The van der Waals surface area contributed by atoms with E-state index in [4.69, 9.17) is 17.3 Å². The molecule has 1 unspecified atom stereocenters. The van der Waals surface area contributed by atoms with Crippen LogP contribution >= 0.6 is 11.6 Å². The van der Waals surface area contributed by atoms with Crippen molar-refractivity contribution in [3.63, 3.8) is 0 Å². The molecule has 2 N–H and O–H groups in total. The van der Waals surface area contributed by atoms with E-state index in [0.29, 0.717) is 12.5 Å². The van der Waals surface area contributed by atoms with Gasteiger partial charge in [0, 0.05) is 18.7 Å². The van der Waals surface area contributed by atoms with Crippen LogP contribution in [0.4, 0.5) is 0 Å². The zero-order valence-electron chi connectivity index (χ0n) is 7.41. The molecule has 2 rings (SSSR count). The number of halogens is 1. The molecule has 70 valence electrons. The summed E-state index contributed by atoms with van der Waals surface area (Å²) in [6.45, 7) is 0.654. The number of pyridine rings is 1. The van der Waals surface area contributed by atoms with Crippen LogP contribution in [0.5, 0.6) is 0 Å². The SMILES string of the molecule is NCC(c1ncccc1Cl)C1CC1. The van der Waals surface area contributed by atoms with E-state index in [9.17, 15) is 0 Å². The summed E-state index contributed by atoms with van der Waals surface area (Å²) >= 11 is 6.05. The summed E-state index contributed by atoms with van der Waals surface area (Å²) in [6.07, 6.45) is 4.33. The number of rotatable bonds is 3. The molecular formula is C10H13ClN2. The molecule has 0 radical (unpaired) electrons. The zero-order valence-corrected chi connectivity index (χ0v) is 8.17. The molecule has 1 aliphatic carbocycles. The van der Waals surface area contributed by atoms with E-state index >= 15 is 0 Å². The fourth-order valence-corrected chi connectivity index (χ4v) is 1.96. The largest absolute Gasteiger partial charge is 0.330 e. The summed E-state index contributed by atoms with van der Waals surface area (Å²) in [5.74, 6) is 1.09. The number of hydrogen-bond donors (Lipinski definition) is 1. The van der Waals surface area contributed by atoms with Crippen LogP contribution in [0.3, 0.4) is 0 Å². The second kappa shape index (κ2) is 3.64. The molecule has 1 fully saturated rings. The highest BCUT2D eigenvalue weighted by molar-refractivity contribution is 6.31. The van der Waals surface area contributed by atoms with Crippen molar-refractivity contribution in [2.24, 2.45) is 11.7 Å². The molecule has 1 aliphatic rings. The highest BCUT2D eigenvalue weighted by atomic mass is 35.5. The predicted molar refractivity (Wildman–Crippen MR) is 53.8 cm³/mol. The summed E-state index contributed by atoms with van der Waals surface area (Å²) < 4.78 is 0. The molecule has 1 saturated carbocycles. The molecule has 13 heavy (non-hydrogen) atoms. The van der Waals surface area contributed by atoms with E-state index < -0.39 is 0 Å². The van der Waals surface area contributed by atoms with E-state index in [0.717, 1.165) is 16.6 Å². The van der Waals surface area contributed by atoms with Gasteiger partial charge in [-0.25, -0.2) is 0 Å². The molecule has 0 aliphatic heterocycles. The average Bonchev–Trinajstić information content (AvgIpc) is 2.93. The van der Waals surface area contributed by atoms with Crippen molar-refractivity contribution >= 4 is 11.6 Å². The Morgan fingerprint density at radius 1 is 1.62 bits per heavy atom. The lowest BCUT2D eigenvalue weighted by molar-refractivity contribution is 0.599. The third kappa shape index (κ3) is 1.84. The summed E-state index contributed by atoms with van der Waals surface area (Å²) in [7, 11) is 0. The van der Waals surface area contributed by atoms with Gasteiger partial charge in [-0.05, 0) is 30.9 Å². The minimum Gasteiger partial charge on any atom is -0.330 e. The normalized spacial score (nSPS) is 18.6. The summed E-state index contributed by atoms with van der Waals surface area (Å²) in [5.41, 5.74) is 6.70. The Balaban J connectivity index is 2.26. The van der Waals surface area contributed by atoms with Gasteiger partial charge >= 0.3 is 0 Å². The number of hydrogen-bond acceptors (Lipinski definition) is 2. The maximum Gasteiger partial charge on any atom is 0.0635 e. The molecule has 1 atom stereocenters. The maximum atomic E-state index is 6.05. The maximum absolute atomic E-state index is 6.05. The Bertz CT molecular complexity index is 297. The van der Waals surface area contributed by atoms with E-state index in [1.54, 1.807) is 6.20 Å². The highest BCUT2D eigenvalue weighted by Crippen LogP contribution is 2.42. The van der Waals surface area contributed by atoms with Crippen LogP contribution in [0.1, 0.15) is 24.5 Å². The number of aromatic nitrogens is 1. The van der Waals surface area contributed by atoms with Crippen molar-refractivity contribution in [1.29, 1.82) is 0 Å². The third-order valence-corrected chi connectivity index (χ3v) is 2.90. The Morgan fingerprint density at radius 3 is 2.92 bits per heavy atom. The fourth-order valence-electron chi connectivity index (χ4n) is 1.70. The number of nitrogens with zero attached hydrogens (tertiary/aromatic N) is 1. The van der Waals surface area contributed by atoms with Crippen molar-refractivity contribution in [2.45, 2.75) is 18.8 Å². The molecule has 0 saturated heterocycles. The molecule has 0 bridgehead atoms. The minimum absolute atomic E-state index is 0.369. The van der Waals surface area contributed by atoms with Gasteiger partial charge in [-0.15, -0.1) is 0 Å². The topological polar surface area (TPSA) is 38.9 Å². The zero-order chi connectivity index (χ0) is 9.26. The smallest absolute Gasteiger partial charge is 0.0635 e. The molecule has 3 heteroatoms. The minimum atomic E-state index is 0.369. The van der Waals surface area contributed by atoms with Crippen LogP contribution in [0.2, 0.25) is 5.02 Å². The molecule has 0 aromatic carbocycles. The van der Waals surface area contributed by atoms with Crippen molar-refractivity contribution in [2.75, 3.05) is 6.54 Å². The average molecular weight is 197 g/mol. The van der Waals surface area contributed by atoms with Gasteiger partial charge in [-0.2, -0.15) is 0 Å². The highest BCUT2D eigenvalue weighted by Gasteiger charge is 2.33. The van der Waals surface area contributed by atoms with Gasteiger partial charge < -0.3 is 5.73 Å². The first-order valence-electron chi connectivity index (χ1n) is 4.63. The van der Waals surface area contributed by atoms with Gasteiger partial charge in [0.25, 0.3) is 0 Å². The first kappa shape index (κ1) is 8.97. The van der Waals surface area contributed by atoms with Crippen LogP contribution in [0, 0.1) is 5.92 Å². The summed E-state index contributed by atoms with van der Waals surface area (Å²) in [5, 5.41) is 0.754. The van der Waals surface area contributed by atoms with E-state index in [1.165, 1.54) is 12.8 Å². The van der Waals surface area contributed by atoms with Gasteiger partial charge in [-0.3, -0.25) is 4.98 Å². The quantitative estimate of drug-likeness (QED) is 0.805. The first-order chi connectivity index (χ1) is 6.33. The third-order valence-electron chi connectivity index (χ3n) is 2.58. The predicted octanol–water partition coefficient (Wildman–Crippen LogP) is 2.19. The molecule has 1 aromatic rings. The molecular weight excluding hydrogens is 184 g/mol. The van der Waals surface area contributed by atoms with Crippen molar-refractivity contribution < 1.29 is 0 Å². The molecule has 0 spiro atoms. The second-order valence-electron chi connectivity index (χ2n) is 3.55. The van der Waals surface area contributed by atoms with Gasteiger partial charge in [0.05, 0.1) is 10.7 Å². The van der Waals surface area contributed by atoms with Crippen LogP contribution in [-0.2, 0) is 0 Å². The van der Waals surface area contributed by atoms with Crippen LogP contribution in [0.15, 0.2) is 18.3 Å². The Kier molecular flexibility index (Phi) is 2.51. The Hall–Kier alpha value is -0.600. The first-order valence-corrected chi connectivity index (χ1v) is 5.01. The fraction of sp³-hybridized carbons (Fsp3) is 0.500. The van der Waals surface area contributed by atoms with Crippen molar-refractivity contribution in [1.82, 2.24) is 4.98 Å².